The summed E-state index contributed by atoms with van der Waals surface area (Å²) < 4.78 is 0. The molecule has 1 fully saturated rings. The number of nitrogens with two attached hydrogens (primary N) is 1. The van der Waals surface area contributed by atoms with E-state index in [0.29, 0.717) is 11.3 Å². The van der Waals surface area contributed by atoms with Crippen LogP contribution in [0.5, 0.6) is 0 Å². The monoisotopic (exact) mass is 360 g/mol. The molecule has 1 aliphatic rings. The maximum absolute atomic E-state index is 12.5. The van der Waals surface area contributed by atoms with Crippen molar-refractivity contribution in [2.75, 3.05) is 25.0 Å². The van der Waals surface area contributed by atoms with Gasteiger partial charge in [-0.05, 0) is 43.4 Å². The van der Waals surface area contributed by atoms with Crippen LogP contribution in [0, 0.1) is 5.92 Å². The quantitative estimate of drug-likeness (QED) is 0.712. The van der Waals surface area contributed by atoms with Gasteiger partial charge in [0.05, 0.1) is 12.6 Å². The van der Waals surface area contributed by atoms with E-state index in [2.05, 4.69) is 10.6 Å². The molecule has 1 atom stereocenters. The van der Waals surface area contributed by atoms with Crippen molar-refractivity contribution in [3.05, 3.63) is 29.8 Å². The fourth-order valence-corrected chi connectivity index (χ4v) is 2.80. The zero-order valence-electron chi connectivity index (χ0n) is 15.5. The van der Waals surface area contributed by atoms with Crippen molar-refractivity contribution in [1.82, 2.24) is 10.2 Å². The lowest BCUT2D eigenvalue weighted by molar-refractivity contribution is -0.125. The van der Waals surface area contributed by atoms with Crippen LogP contribution in [-0.2, 0) is 9.59 Å². The van der Waals surface area contributed by atoms with Crippen molar-refractivity contribution in [2.45, 2.75) is 39.2 Å². The highest BCUT2D eigenvalue weighted by atomic mass is 16.2. The van der Waals surface area contributed by atoms with Crippen molar-refractivity contribution >= 4 is 23.4 Å². The predicted molar refractivity (Wildman–Crippen MR) is 101 cm³/mol. The van der Waals surface area contributed by atoms with E-state index in [1.165, 1.54) is 0 Å². The van der Waals surface area contributed by atoms with Crippen LogP contribution in [0.3, 0.4) is 0 Å². The van der Waals surface area contributed by atoms with Crippen LogP contribution >= 0.6 is 0 Å². The number of amides is 3. The molecule has 1 saturated heterocycles. The summed E-state index contributed by atoms with van der Waals surface area (Å²) in [6.07, 6.45) is 3.22. The molecule has 1 heterocycles. The van der Waals surface area contributed by atoms with E-state index in [1.807, 2.05) is 18.7 Å². The first-order valence-electron chi connectivity index (χ1n) is 9.11. The Kier molecular flexibility index (Phi) is 7.15. The van der Waals surface area contributed by atoms with Gasteiger partial charge in [0.15, 0.2) is 0 Å². The summed E-state index contributed by atoms with van der Waals surface area (Å²) in [7, 11) is 0. The maximum atomic E-state index is 12.5. The molecule has 1 aromatic rings. The Labute approximate surface area is 154 Å². The highest BCUT2D eigenvalue weighted by Crippen LogP contribution is 2.16. The highest BCUT2D eigenvalue weighted by Gasteiger charge is 2.19. The summed E-state index contributed by atoms with van der Waals surface area (Å²) >= 11 is 0. The average Bonchev–Trinajstić information content (AvgIpc) is 2.65. The van der Waals surface area contributed by atoms with Gasteiger partial charge >= 0.3 is 0 Å². The van der Waals surface area contributed by atoms with Crippen molar-refractivity contribution in [3.63, 3.8) is 0 Å². The molecule has 0 bridgehead atoms. The van der Waals surface area contributed by atoms with Gasteiger partial charge in [-0.15, -0.1) is 0 Å². The van der Waals surface area contributed by atoms with Crippen LogP contribution in [0.15, 0.2) is 24.3 Å². The van der Waals surface area contributed by atoms with Gasteiger partial charge in [-0.2, -0.15) is 0 Å². The molecule has 0 saturated carbocycles. The summed E-state index contributed by atoms with van der Waals surface area (Å²) in [5.41, 5.74) is 6.82. The number of hydrogen-bond acceptors (Lipinski definition) is 4. The largest absolute Gasteiger partial charge is 0.346 e. The number of anilines is 1. The topological polar surface area (TPSA) is 105 Å². The number of likely N-dealkylation sites (tertiary alicyclic amines) is 1. The minimum Gasteiger partial charge on any atom is -0.346 e. The molecular formula is C19H28N4O3. The van der Waals surface area contributed by atoms with Crippen LogP contribution in [0.2, 0.25) is 0 Å². The Bertz CT molecular complexity index is 654. The molecular weight excluding hydrogens is 332 g/mol. The van der Waals surface area contributed by atoms with Gasteiger partial charge in [0.25, 0.3) is 5.91 Å². The maximum Gasteiger partial charge on any atom is 0.253 e. The number of hydrogen-bond donors (Lipinski definition) is 3. The molecule has 2 rings (SSSR count). The lowest BCUT2D eigenvalue weighted by Crippen LogP contribution is -2.46. The molecule has 1 aromatic carbocycles. The van der Waals surface area contributed by atoms with E-state index in [-0.39, 0.29) is 30.2 Å². The number of carbonyl (C=O) groups excluding carboxylic acids is 3. The zero-order valence-corrected chi connectivity index (χ0v) is 15.5. The first-order chi connectivity index (χ1) is 12.4. The number of benzene rings is 1. The van der Waals surface area contributed by atoms with Crippen LogP contribution in [0.25, 0.3) is 0 Å². The van der Waals surface area contributed by atoms with Crippen LogP contribution in [-0.4, -0.2) is 48.3 Å². The minimum absolute atomic E-state index is 0.00413. The molecule has 0 aromatic heterocycles. The van der Waals surface area contributed by atoms with Gasteiger partial charge in [0.2, 0.25) is 11.8 Å². The fourth-order valence-electron chi connectivity index (χ4n) is 2.80. The van der Waals surface area contributed by atoms with E-state index in [0.717, 1.165) is 32.4 Å². The standard InChI is InChI=1S/C19H28N4O3/c1-13(2)17(20)18(25)21-12-16(24)22-15-8-6-7-14(11-15)19(26)23-9-4-3-5-10-23/h6-8,11,13,17H,3-5,9-10,12,20H2,1-2H3,(H,21,25)(H,22,24)/t17-/m0/s1. The highest BCUT2D eigenvalue weighted by molar-refractivity contribution is 5.98. The molecule has 4 N–H and O–H groups in total. The Balaban J connectivity index is 1.90. The summed E-state index contributed by atoms with van der Waals surface area (Å²) in [4.78, 5) is 38.2. The second kappa shape index (κ2) is 9.33. The van der Waals surface area contributed by atoms with Gasteiger partial charge < -0.3 is 21.3 Å². The molecule has 3 amide bonds. The van der Waals surface area contributed by atoms with Crippen molar-refractivity contribution in [3.8, 4) is 0 Å². The lowest BCUT2D eigenvalue weighted by Gasteiger charge is -2.26. The van der Waals surface area contributed by atoms with Crippen LogP contribution in [0.4, 0.5) is 5.69 Å². The second-order valence-electron chi connectivity index (χ2n) is 6.97. The first-order valence-corrected chi connectivity index (χ1v) is 9.11. The van der Waals surface area contributed by atoms with E-state index < -0.39 is 6.04 Å². The third-order valence-electron chi connectivity index (χ3n) is 4.48. The number of nitrogens with zero attached hydrogens (tertiary/aromatic N) is 1. The smallest absolute Gasteiger partial charge is 0.253 e. The van der Waals surface area contributed by atoms with Crippen molar-refractivity contribution in [2.24, 2.45) is 11.7 Å². The number of rotatable bonds is 6. The zero-order chi connectivity index (χ0) is 19.1. The fraction of sp³-hybridized carbons (Fsp3) is 0.526. The average molecular weight is 360 g/mol. The molecule has 0 unspecified atom stereocenters. The van der Waals surface area contributed by atoms with Gasteiger partial charge in [-0.25, -0.2) is 0 Å². The minimum atomic E-state index is -0.645. The number of nitrogens with one attached hydrogen (secondary N) is 2. The Hall–Kier alpha value is -2.41. The van der Waals surface area contributed by atoms with Gasteiger partial charge in [0.1, 0.15) is 0 Å². The molecule has 0 radical (unpaired) electrons. The van der Waals surface area contributed by atoms with Crippen molar-refractivity contribution in [1.29, 1.82) is 0 Å². The lowest BCUT2D eigenvalue weighted by atomic mass is 10.1. The summed E-state index contributed by atoms with van der Waals surface area (Å²) in [6.45, 7) is 5.07. The Morgan fingerprint density at radius 3 is 2.50 bits per heavy atom. The first kappa shape index (κ1) is 19.9. The summed E-state index contributed by atoms with van der Waals surface area (Å²) in [5.74, 6) is -0.742. The van der Waals surface area contributed by atoms with Gasteiger partial charge in [-0.1, -0.05) is 19.9 Å². The Morgan fingerprint density at radius 1 is 1.15 bits per heavy atom. The van der Waals surface area contributed by atoms with Gasteiger partial charge in [-0.3, -0.25) is 14.4 Å². The molecule has 0 aliphatic carbocycles. The Morgan fingerprint density at radius 2 is 1.85 bits per heavy atom. The molecule has 1 aliphatic heterocycles. The second-order valence-corrected chi connectivity index (χ2v) is 6.97. The summed E-state index contributed by atoms with van der Waals surface area (Å²) in [6, 6.07) is 6.22. The number of carbonyl (C=O) groups is 3. The normalized spacial score (nSPS) is 15.5. The molecule has 26 heavy (non-hydrogen) atoms. The van der Waals surface area contributed by atoms with Crippen LogP contribution in [0.1, 0.15) is 43.5 Å². The third kappa shape index (κ3) is 5.56. The summed E-state index contributed by atoms with van der Waals surface area (Å²) in [5, 5.41) is 5.22. The van der Waals surface area contributed by atoms with E-state index in [4.69, 9.17) is 5.73 Å². The SMILES string of the molecule is CC(C)[C@H](N)C(=O)NCC(=O)Nc1cccc(C(=O)N2CCCCC2)c1. The number of piperidine rings is 1. The van der Waals surface area contributed by atoms with E-state index >= 15 is 0 Å². The van der Waals surface area contributed by atoms with Crippen molar-refractivity contribution < 1.29 is 14.4 Å². The third-order valence-corrected chi connectivity index (χ3v) is 4.48. The van der Waals surface area contributed by atoms with E-state index in [1.54, 1.807) is 24.3 Å². The molecule has 7 heteroatoms. The van der Waals surface area contributed by atoms with Crippen LogP contribution < -0.4 is 16.4 Å². The molecule has 7 nitrogen and oxygen atoms in total. The predicted octanol–water partition coefficient (Wildman–Crippen LogP) is 1.35. The molecule has 142 valence electrons. The van der Waals surface area contributed by atoms with E-state index in [9.17, 15) is 14.4 Å². The van der Waals surface area contributed by atoms with Gasteiger partial charge in [0, 0.05) is 24.3 Å². The molecule has 0 spiro atoms.